The predicted molar refractivity (Wildman–Crippen MR) is 42.5 cm³/mol. The zero-order valence-electron chi connectivity index (χ0n) is 6.80. The van der Waals surface area contributed by atoms with Crippen LogP contribution in [0, 0.1) is 22.7 Å². The van der Waals surface area contributed by atoms with E-state index in [1.807, 2.05) is 0 Å². The van der Waals surface area contributed by atoms with E-state index >= 15 is 0 Å². The van der Waals surface area contributed by atoms with Crippen LogP contribution in [-0.2, 0) is 10.1 Å². The van der Waals surface area contributed by atoms with Gasteiger partial charge in [0, 0.05) is 0 Å². The molecule has 0 spiro atoms. The van der Waals surface area contributed by atoms with Gasteiger partial charge < -0.3 is 5.11 Å². The van der Waals surface area contributed by atoms with Gasteiger partial charge in [-0.05, 0) is 0 Å². The predicted octanol–water partition coefficient (Wildman–Crippen LogP) is -1.43. The third kappa shape index (κ3) is 24.9. The summed E-state index contributed by atoms with van der Waals surface area (Å²) in [7, 11) is -3.67. The molecule has 74 valence electrons. The van der Waals surface area contributed by atoms with E-state index in [2.05, 4.69) is 0 Å². The van der Waals surface area contributed by atoms with Gasteiger partial charge in [0.05, 0.1) is 18.7 Å². The number of hydrogen-bond acceptors (Lipinski definition) is 6. The largest absolute Gasteiger partial charge is 0.363 e. The van der Waals surface area contributed by atoms with Crippen LogP contribution in [0.1, 0.15) is 6.42 Å². The topological polar surface area (TPSA) is 148 Å². The molecule has 0 fully saturated rings. The third-order valence-electron chi connectivity index (χ3n) is 0.542. The van der Waals surface area contributed by atoms with E-state index in [4.69, 9.17) is 25.9 Å². The van der Waals surface area contributed by atoms with Gasteiger partial charge in [0.1, 0.15) is 6.07 Å². The minimum absolute atomic E-state index is 0.358. The Hall–Kier alpha value is -1.19. The van der Waals surface area contributed by atoms with Crippen LogP contribution in [0.2, 0.25) is 0 Å². The van der Waals surface area contributed by atoms with Crippen LogP contribution >= 0.6 is 0 Å². The molecular formula is C5H9N3O4S. The lowest BCUT2D eigenvalue weighted by molar-refractivity contribution is 0.112. The van der Waals surface area contributed by atoms with Crippen LogP contribution in [0.3, 0.4) is 0 Å². The SMILES string of the molecule is CS(=O)(=O)O.N#CCC(N)(O)C#N. The summed E-state index contributed by atoms with van der Waals surface area (Å²) in [4.78, 5) is 0. The van der Waals surface area contributed by atoms with E-state index in [-0.39, 0.29) is 6.42 Å². The van der Waals surface area contributed by atoms with E-state index in [9.17, 15) is 8.42 Å². The number of nitrogens with zero attached hydrogens (tertiary/aromatic N) is 2. The second kappa shape index (κ2) is 5.45. The summed E-state index contributed by atoms with van der Waals surface area (Å²) in [6.45, 7) is 0. The fourth-order valence-electron chi connectivity index (χ4n) is 0.160. The molecule has 0 aromatic rings. The average molecular weight is 207 g/mol. The van der Waals surface area contributed by atoms with Crippen molar-refractivity contribution in [1.82, 2.24) is 0 Å². The summed E-state index contributed by atoms with van der Waals surface area (Å²) in [6.07, 6.45) is 0.358. The maximum Gasteiger partial charge on any atom is 0.261 e. The summed E-state index contributed by atoms with van der Waals surface area (Å²) in [6, 6.07) is 2.91. The van der Waals surface area contributed by atoms with Crippen molar-refractivity contribution in [2.75, 3.05) is 6.26 Å². The maximum absolute atomic E-state index is 9.19. The van der Waals surface area contributed by atoms with E-state index in [1.54, 1.807) is 6.07 Å². The number of rotatable bonds is 1. The Morgan fingerprint density at radius 1 is 1.54 bits per heavy atom. The second-order valence-electron chi connectivity index (χ2n) is 2.10. The molecule has 4 N–H and O–H groups in total. The van der Waals surface area contributed by atoms with Crippen LogP contribution in [-0.4, -0.2) is 30.1 Å². The van der Waals surface area contributed by atoms with Crippen molar-refractivity contribution < 1.29 is 18.1 Å². The van der Waals surface area contributed by atoms with E-state index < -0.39 is 15.8 Å². The van der Waals surface area contributed by atoms with Crippen LogP contribution in [0.5, 0.6) is 0 Å². The van der Waals surface area contributed by atoms with Crippen LogP contribution in [0.15, 0.2) is 0 Å². The van der Waals surface area contributed by atoms with Crippen molar-refractivity contribution in [3.8, 4) is 12.1 Å². The lowest BCUT2D eigenvalue weighted by Crippen LogP contribution is -2.36. The number of nitrogens with two attached hydrogens (primary N) is 1. The number of aliphatic hydroxyl groups is 1. The molecule has 7 nitrogen and oxygen atoms in total. The van der Waals surface area contributed by atoms with Gasteiger partial charge in [0.25, 0.3) is 10.1 Å². The van der Waals surface area contributed by atoms with Crippen LogP contribution in [0.25, 0.3) is 0 Å². The van der Waals surface area contributed by atoms with Gasteiger partial charge in [0.15, 0.2) is 0 Å². The monoisotopic (exact) mass is 207 g/mol. The van der Waals surface area contributed by atoms with Gasteiger partial charge in [-0.25, -0.2) is 0 Å². The normalized spacial score (nSPS) is 14.0. The van der Waals surface area contributed by atoms with Gasteiger partial charge in [-0.1, -0.05) is 0 Å². The summed E-state index contributed by atoms with van der Waals surface area (Å²) < 4.78 is 25.9. The average Bonchev–Trinajstić information content (AvgIpc) is 1.84. The van der Waals surface area contributed by atoms with Gasteiger partial charge in [-0.15, -0.1) is 0 Å². The first kappa shape index (κ1) is 14.3. The van der Waals surface area contributed by atoms with E-state index in [0.29, 0.717) is 6.26 Å². The Morgan fingerprint density at radius 2 is 1.85 bits per heavy atom. The standard InChI is InChI=1S/C4H5N3O.CH4O3S/c5-2-1-4(7,8)3-6;1-5(2,3)4/h8H,1,7H2;1H3,(H,2,3,4). The lowest BCUT2D eigenvalue weighted by atomic mass is 10.2. The zero-order valence-corrected chi connectivity index (χ0v) is 7.61. The number of nitriles is 2. The van der Waals surface area contributed by atoms with Crippen molar-refractivity contribution in [2.24, 2.45) is 5.73 Å². The third-order valence-corrected chi connectivity index (χ3v) is 0.542. The molecule has 13 heavy (non-hydrogen) atoms. The molecule has 0 aromatic carbocycles. The Labute approximate surface area is 75.8 Å². The molecule has 1 atom stereocenters. The molecule has 0 aliphatic rings. The summed E-state index contributed by atoms with van der Waals surface area (Å²) in [5.41, 5.74) is 2.83. The number of hydrogen-bond donors (Lipinski definition) is 3. The fourth-order valence-corrected chi connectivity index (χ4v) is 0.160. The summed E-state index contributed by atoms with van der Waals surface area (Å²) >= 11 is 0. The van der Waals surface area contributed by atoms with Gasteiger partial charge in [-0.3, -0.25) is 10.3 Å². The van der Waals surface area contributed by atoms with E-state index in [0.717, 1.165) is 0 Å². The molecule has 0 saturated carbocycles. The summed E-state index contributed by atoms with van der Waals surface area (Å²) in [5, 5.41) is 24.4. The molecule has 0 aromatic heterocycles. The smallest absolute Gasteiger partial charge is 0.261 e. The van der Waals surface area contributed by atoms with Gasteiger partial charge in [0.2, 0.25) is 5.72 Å². The Morgan fingerprint density at radius 3 is 1.92 bits per heavy atom. The van der Waals surface area contributed by atoms with Crippen LogP contribution in [0.4, 0.5) is 0 Å². The van der Waals surface area contributed by atoms with Crippen molar-refractivity contribution >= 4 is 10.1 Å². The highest BCUT2D eigenvalue weighted by Crippen LogP contribution is 1.95. The molecule has 8 heteroatoms. The first-order valence-corrected chi connectivity index (χ1v) is 4.69. The molecular weight excluding hydrogens is 198 g/mol. The highest BCUT2D eigenvalue weighted by molar-refractivity contribution is 7.85. The quantitative estimate of drug-likeness (QED) is 0.271. The molecule has 0 bridgehead atoms. The minimum Gasteiger partial charge on any atom is -0.363 e. The highest BCUT2D eigenvalue weighted by Gasteiger charge is 2.18. The lowest BCUT2D eigenvalue weighted by Gasteiger charge is -2.05. The Bertz CT molecular complexity index is 313. The molecule has 0 aliphatic heterocycles. The minimum atomic E-state index is -3.67. The van der Waals surface area contributed by atoms with Crippen molar-refractivity contribution in [3.05, 3.63) is 0 Å². The summed E-state index contributed by atoms with van der Waals surface area (Å²) in [5.74, 6) is 0. The fraction of sp³-hybridized carbons (Fsp3) is 0.600. The zero-order chi connectivity index (χ0) is 11.1. The second-order valence-corrected chi connectivity index (χ2v) is 3.57. The van der Waals surface area contributed by atoms with Gasteiger partial charge >= 0.3 is 0 Å². The first-order chi connectivity index (χ1) is 5.62. The molecule has 0 aliphatic carbocycles. The molecule has 1 unspecified atom stereocenters. The molecule has 0 rings (SSSR count). The first-order valence-electron chi connectivity index (χ1n) is 2.84. The molecule has 0 saturated heterocycles. The molecule has 0 heterocycles. The Kier molecular flexibility index (Phi) is 6.02. The van der Waals surface area contributed by atoms with Crippen LogP contribution < -0.4 is 5.73 Å². The van der Waals surface area contributed by atoms with Crippen molar-refractivity contribution in [3.63, 3.8) is 0 Å². The highest BCUT2D eigenvalue weighted by atomic mass is 32.2. The Balaban J connectivity index is 0. The van der Waals surface area contributed by atoms with Crippen molar-refractivity contribution in [1.29, 1.82) is 10.5 Å². The van der Waals surface area contributed by atoms with Gasteiger partial charge in [-0.2, -0.15) is 18.9 Å². The van der Waals surface area contributed by atoms with E-state index in [1.165, 1.54) is 6.07 Å². The maximum atomic E-state index is 9.19. The molecule has 0 radical (unpaired) electrons. The molecule has 0 amide bonds. The van der Waals surface area contributed by atoms with Crippen molar-refractivity contribution in [2.45, 2.75) is 12.1 Å².